The van der Waals surface area contributed by atoms with Gasteiger partial charge in [0.1, 0.15) is 17.5 Å². The van der Waals surface area contributed by atoms with Crippen molar-refractivity contribution < 1.29 is 33.6 Å². The minimum Gasteiger partial charge on any atom is -0.457 e. The highest BCUT2D eigenvalue weighted by molar-refractivity contribution is 8.77. The average Bonchev–Trinajstić information content (AvgIpc) is 3.76. The van der Waals surface area contributed by atoms with Gasteiger partial charge in [-0.25, -0.2) is 4.79 Å². The first-order chi connectivity index (χ1) is 24.4. The van der Waals surface area contributed by atoms with Crippen LogP contribution in [0.4, 0.5) is 0 Å². The summed E-state index contributed by atoms with van der Waals surface area (Å²) in [7, 11) is 3.97. The van der Waals surface area contributed by atoms with Crippen molar-refractivity contribution in [1.82, 2.24) is 10.6 Å². The second-order valence-corrected chi connectivity index (χ2v) is 20.7. The van der Waals surface area contributed by atoms with Gasteiger partial charge in [0.2, 0.25) is 0 Å². The third kappa shape index (κ3) is 7.10. The van der Waals surface area contributed by atoms with Crippen LogP contribution in [0, 0.1) is 29.6 Å². The summed E-state index contributed by atoms with van der Waals surface area (Å²) in [6, 6.07) is 0.316. The summed E-state index contributed by atoms with van der Waals surface area (Å²) >= 11 is 0. The molecule has 0 aromatic heterocycles. The minimum atomic E-state index is -0.998. The zero-order valence-corrected chi connectivity index (χ0v) is 32.4. The van der Waals surface area contributed by atoms with Crippen LogP contribution in [0.3, 0.4) is 0 Å². The molecule has 0 aromatic carbocycles. The molecule has 6 heterocycles. The molecular formula is C38H62N4O7S2. The van der Waals surface area contributed by atoms with Crippen molar-refractivity contribution in [2.45, 2.75) is 182 Å². The number of hydrogen-bond acceptors (Lipinski definition) is 13. The fourth-order valence-electron chi connectivity index (χ4n) is 11.7. The standard InChI is InChI=1S/C38H62N4O7S2/c1-20-15-25(43)31-27(46-20)19-26-23(33(31)44)18-29-36(2,48-26)12-14-50-51-38(10-5-4-6-11-38)32-22(9-13-41-34(32)40)24-16-21(17-30(39)42-24)7-8-28-37(3,49-28)35(45)47-29/h20-24,26-34,41-42,44H,4-19,39-40H2,1-3H3. The topological polar surface area (TPSA) is 171 Å². The van der Waals surface area contributed by atoms with Crippen molar-refractivity contribution in [3.8, 4) is 0 Å². The van der Waals surface area contributed by atoms with Gasteiger partial charge in [-0.3, -0.25) is 10.1 Å². The zero-order chi connectivity index (χ0) is 35.7. The molecule has 8 fully saturated rings. The van der Waals surface area contributed by atoms with E-state index in [1.807, 2.05) is 24.6 Å². The molecule has 16 unspecified atom stereocenters. The van der Waals surface area contributed by atoms with E-state index in [9.17, 15) is 14.7 Å². The zero-order valence-electron chi connectivity index (χ0n) is 30.8. The predicted octanol–water partition coefficient (Wildman–Crippen LogP) is 3.78. The normalized spacial score (nSPS) is 52.0. The first-order valence-electron chi connectivity index (χ1n) is 20.1. The Morgan fingerprint density at radius 1 is 0.902 bits per heavy atom. The molecule has 51 heavy (non-hydrogen) atoms. The van der Waals surface area contributed by atoms with E-state index in [0.717, 1.165) is 57.2 Å². The van der Waals surface area contributed by atoms with E-state index in [4.69, 9.17) is 30.4 Å². The van der Waals surface area contributed by atoms with Crippen molar-refractivity contribution in [2.24, 2.45) is 41.1 Å². The fourth-order valence-corrected chi connectivity index (χ4v) is 15.4. The van der Waals surface area contributed by atoms with Gasteiger partial charge in [-0.05, 0) is 96.9 Å². The molecule has 2 saturated carbocycles. The number of aliphatic hydroxyl groups is 1. The highest BCUT2D eigenvalue weighted by Gasteiger charge is 2.63. The summed E-state index contributed by atoms with van der Waals surface area (Å²) < 4.78 is 25.9. The number of carbonyl (C=O) groups excluding carboxylic acids is 2. The van der Waals surface area contributed by atoms with E-state index in [1.54, 1.807) is 0 Å². The molecule has 11 nitrogen and oxygen atoms in total. The molecule has 6 aliphatic heterocycles. The van der Waals surface area contributed by atoms with Gasteiger partial charge < -0.3 is 40.8 Å². The summed E-state index contributed by atoms with van der Waals surface area (Å²) in [5.74, 6) is 0.860. The molecule has 1 spiro atoms. The lowest BCUT2D eigenvalue weighted by Crippen LogP contribution is -2.65. The van der Waals surface area contributed by atoms with Gasteiger partial charge in [-0.2, -0.15) is 0 Å². The van der Waals surface area contributed by atoms with Crippen LogP contribution < -0.4 is 22.1 Å². The number of fused-ring (bicyclic) bond motifs is 9. The monoisotopic (exact) mass is 750 g/mol. The third-order valence-electron chi connectivity index (χ3n) is 14.5. The molecule has 288 valence electrons. The van der Waals surface area contributed by atoms with E-state index >= 15 is 0 Å². The van der Waals surface area contributed by atoms with E-state index in [2.05, 4.69) is 28.4 Å². The summed E-state index contributed by atoms with van der Waals surface area (Å²) in [6.45, 7) is 6.79. The quantitative estimate of drug-likeness (QED) is 0.138. The van der Waals surface area contributed by atoms with Gasteiger partial charge in [-0.1, -0.05) is 40.9 Å². The number of epoxide rings is 1. The van der Waals surface area contributed by atoms with E-state index < -0.39 is 29.3 Å². The molecule has 0 amide bonds. The maximum atomic E-state index is 14.0. The van der Waals surface area contributed by atoms with Gasteiger partial charge in [0.15, 0.2) is 5.60 Å². The summed E-state index contributed by atoms with van der Waals surface area (Å²) in [6.07, 6.45) is 10.3. The van der Waals surface area contributed by atoms with Crippen LogP contribution in [-0.2, 0) is 28.5 Å². The third-order valence-corrected chi connectivity index (χ3v) is 17.8. The number of nitrogens with one attached hydrogen (secondary N) is 2. The summed E-state index contributed by atoms with van der Waals surface area (Å²) in [5.41, 5.74) is 12.0. The van der Waals surface area contributed by atoms with Gasteiger partial charge in [0, 0.05) is 41.2 Å². The first-order valence-corrected chi connectivity index (χ1v) is 22.5. The Bertz CT molecular complexity index is 1310. The number of Topliss-reactive ketones (excluding diaryl/α,β-unsaturated/α-hetero) is 1. The van der Waals surface area contributed by atoms with Crippen molar-refractivity contribution in [3.05, 3.63) is 0 Å². The summed E-state index contributed by atoms with van der Waals surface area (Å²) in [4.78, 5) is 27.1. The number of rotatable bonds is 0. The van der Waals surface area contributed by atoms with Crippen molar-refractivity contribution in [2.75, 3.05) is 12.3 Å². The van der Waals surface area contributed by atoms with E-state index in [-0.39, 0.29) is 59.2 Å². The molecule has 0 aromatic rings. The van der Waals surface area contributed by atoms with Crippen LogP contribution in [0.2, 0.25) is 0 Å². The molecule has 6 saturated heterocycles. The first kappa shape index (κ1) is 37.4. The van der Waals surface area contributed by atoms with Gasteiger partial charge in [-0.15, -0.1) is 0 Å². The number of nitrogens with two attached hydrogens (primary N) is 2. The van der Waals surface area contributed by atoms with Crippen LogP contribution in [0.1, 0.15) is 111 Å². The second kappa shape index (κ2) is 14.5. The molecule has 2 aliphatic carbocycles. The number of ketones is 1. The minimum absolute atomic E-state index is 0.0519. The van der Waals surface area contributed by atoms with Gasteiger partial charge in [0.05, 0.1) is 48.8 Å². The summed E-state index contributed by atoms with van der Waals surface area (Å²) in [5, 5.41) is 19.2. The maximum Gasteiger partial charge on any atom is 0.341 e. The molecule has 7 N–H and O–H groups in total. The molecule has 8 rings (SSSR count). The Kier molecular flexibility index (Phi) is 10.7. The van der Waals surface area contributed by atoms with Crippen LogP contribution in [0.5, 0.6) is 0 Å². The highest BCUT2D eigenvalue weighted by atomic mass is 33.1. The lowest BCUT2D eigenvalue weighted by molar-refractivity contribution is -0.262. The second-order valence-electron chi connectivity index (χ2n) is 17.9. The Morgan fingerprint density at radius 2 is 1.71 bits per heavy atom. The molecule has 0 radical (unpaired) electrons. The van der Waals surface area contributed by atoms with Crippen molar-refractivity contribution >= 4 is 33.3 Å². The smallest absolute Gasteiger partial charge is 0.341 e. The SMILES string of the molecule is CC1CC(=O)C2C(CC3OC4(C)CCSSC5(CCCCC5)C5C(N)NCCC5C5CC(CCC6OC6(C)C(=O)OC4CC3C2O)CC(N)N5)O1. The Morgan fingerprint density at radius 3 is 2.51 bits per heavy atom. The maximum absolute atomic E-state index is 14.0. The number of piperidine rings is 2. The van der Waals surface area contributed by atoms with Crippen molar-refractivity contribution in [3.63, 3.8) is 0 Å². The molecule has 2 bridgehead atoms. The van der Waals surface area contributed by atoms with E-state index in [0.29, 0.717) is 49.5 Å². The van der Waals surface area contributed by atoms with Crippen LogP contribution in [0.15, 0.2) is 0 Å². The number of hydrogen-bond donors (Lipinski definition) is 5. The Hall–Kier alpha value is -0.480. The Labute approximate surface area is 311 Å². The largest absolute Gasteiger partial charge is 0.457 e. The molecule has 16 atom stereocenters. The lowest BCUT2D eigenvalue weighted by atomic mass is 9.65. The number of esters is 1. The number of carbonyl (C=O) groups is 2. The molecular weight excluding hydrogens is 689 g/mol. The van der Waals surface area contributed by atoms with E-state index in [1.165, 1.54) is 19.3 Å². The van der Waals surface area contributed by atoms with Gasteiger partial charge >= 0.3 is 5.97 Å². The van der Waals surface area contributed by atoms with Crippen molar-refractivity contribution in [1.29, 1.82) is 0 Å². The average molecular weight is 751 g/mol. The van der Waals surface area contributed by atoms with Crippen LogP contribution >= 0.6 is 21.6 Å². The number of ether oxygens (including phenoxy) is 4. The highest BCUT2D eigenvalue weighted by Crippen LogP contribution is 2.56. The fraction of sp³-hybridized carbons (Fsp3) is 0.947. The van der Waals surface area contributed by atoms with Crippen LogP contribution in [0.25, 0.3) is 0 Å². The Balaban J connectivity index is 1.08. The lowest BCUT2D eigenvalue weighted by Gasteiger charge is -2.55. The van der Waals surface area contributed by atoms with Gasteiger partial charge in [0.25, 0.3) is 0 Å². The number of aliphatic hydroxyl groups excluding tert-OH is 1. The molecule has 13 heteroatoms. The van der Waals surface area contributed by atoms with Crippen LogP contribution in [-0.4, -0.2) is 100 Å². The molecule has 8 aliphatic rings. The predicted molar refractivity (Wildman–Crippen MR) is 198 cm³/mol.